The maximum Gasteiger partial charge on any atom is 0.319 e. The molecule has 2 bridgehead atoms. The van der Waals surface area contributed by atoms with Crippen molar-refractivity contribution in [2.24, 2.45) is 0 Å². The van der Waals surface area contributed by atoms with Crippen LogP contribution in [0.5, 0.6) is 0 Å². The molecule has 29 heavy (non-hydrogen) atoms. The molecule has 0 spiro atoms. The Balaban J connectivity index is 1.38. The van der Waals surface area contributed by atoms with Crippen LogP contribution in [0.25, 0.3) is 11.0 Å². The molecule has 0 radical (unpaired) electrons. The van der Waals surface area contributed by atoms with Crippen molar-refractivity contribution in [2.45, 2.75) is 30.6 Å². The summed E-state index contributed by atoms with van der Waals surface area (Å²) in [4.78, 5) is 16.8. The zero-order valence-electron chi connectivity index (χ0n) is 15.2. The monoisotopic (exact) mass is 398 g/mol. The van der Waals surface area contributed by atoms with E-state index in [-0.39, 0.29) is 6.61 Å². The molecule has 2 fully saturated rings. The summed E-state index contributed by atoms with van der Waals surface area (Å²) in [6.45, 7) is 0.246. The van der Waals surface area contributed by atoms with E-state index < -0.39 is 42.4 Å². The first-order chi connectivity index (χ1) is 14.1. The van der Waals surface area contributed by atoms with E-state index in [1.807, 2.05) is 28.8 Å². The standard InChI is InChI=1S/C20H19FN4O4/c21-11-4-3-5-12(8-11)23-20(27)24-16-15-9-28-19(29-15)17(18(16)26)25-10-22-13-6-1-2-7-14(13)25/h1-8,10,15-19,26H,9H2,(H2,23,24,27). The van der Waals surface area contributed by atoms with Gasteiger partial charge in [0.15, 0.2) is 6.29 Å². The largest absolute Gasteiger partial charge is 0.388 e. The SMILES string of the molecule is O=C(Nc1cccc(F)c1)NC1C2COC(O2)C(n2cnc3ccccc32)C1O. The fourth-order valence-corrected chi connectivity index (χ4v) is 3.98. The fraction of sp³-hybridized carbons (Fsp3) is 0.300. The lowest BCUT2D eigenvalue weighted by atomic mass is 9.96. The van der Waals surface area contributed by atoms with Crippen LogP contribution in [0, 0.1) is 5.82 Å². The molecule has 2 saturated heterocycles. The molecule has 150 valence electrons. The number of benzene rings is 2. The van der Waals surface area contributed by atoms with Gasteiger partial charge in [-0.15, -0.1) is 0 Å². The number of anilines is 1. The van der Waals surface area contributed by atoms with Crippen LogP contribution in [0.15, 0.2) is 54.9 Å². The number of carbonyl (C=O) groups is 1. The Kier molecular flexibility index (Phi) is 4.42. The van der Waals surface area contributed by atoms with E-state index >= 15 is 0 Å². The average molecular weight is 398 g/mol. The van der Waals surface area contributed by atoms with Crippen LogP contribution in [0.4, 0.5) is 14.9 Å². The van der Waals surface area contributed by atoms with Gasteiger partial charge in [0.2, 0.25) is 0 Å². The summed E-state index contributed by atoms with van der Waals surface area (Å²) in [5, 5.41) is 16.4. The number of rotatable bonds is 3. The summed E-state index contributed by atoms with van der Waals surface area (Å²) in [6.07, 6.45) is -0.471. The van der Waals surface area contributed by atoms with Crippen molar-refractivity contribution in [2.75, 3.05) is 11.9 Å². The minimum Gasteiger partial charge on any atom is -0.388 e. The first-order valence-electron chi connectivity index (χ1n) is 9.30. The number of aliphatic hydroxyl groups is 1. The Morgan fingerprint density at radius 2 is 2.10 bits per heavy atom. The van der Waals surface area contributed by atoms with Crippen LogP contribution in [-0.2, 0) is 9.47 Å². The molecule has 3 N–H and O–H groups in total. The number of urea groups is 1. The number of nitrogens with one attached hydrogen (secondary N) is 2. The molecule has 2 aromatic carbocycles. The zero-order chi connectivity index (χ0) is 20.0. The molecule has 1 aromatic heterocycles. The number of hydrogen-bond donors (Lipinski definition) is 3. The van der Waals surface area contributed by atoms with Gasteiger partial charge in [0.05, 0.1) is 30.0 Å². The molecule has 5 atom stereocenters. The highest BCUT2D eigenvalue weighted by Gasteiger charge is 2.51. The van der Waals surface area contributed by atoms with Crippen molar-refractivity contribution in [1.29, 1.82) is 0 Å². The predicted molar refractivity (Wildman–Crippen MR) is 102 cm³/mol. The van der Waals surface area contributed by atoms with Crippen LogP contribution in [0.3, 0.4) is 0 Å². The number of hydrogen-bond acceptors (Lipinski definition) is 5. The fourth-order valence-electron chi connectivity index (χ4n) is 3.98. The average Bonchev–Trinajstić information content (AvgIpc) is 3.32. The maximum atomic E-state index is 13.3. The summed E-state index contributed by atoms with van der Waals surface area (Å²) in [5.41, 5.74) is 1.93. The summed E-state index contributed by atoms with van der Waals surface area (Å²) < 4.78 is 26.8. The van der Waals surface area contributed by atoms with E-state index in [0.29, 0.717) is 5.69 Å². The van der Waals surface area contributed by atoms with Crippen molar-refractivity contribution in [3.63, 3.8) is 0 Å². The lowest BCUT2D eigenvalue weighted by molar-refractivity contribution is -0.162. The van der Waals surface area contributed by atoms with Crippen LogP contribution in [0.2, 0.25) is 0 Å². The first kappa shape index (κ1) is 18.0. The number of fused-ring (bicyclic) bond motifs is 3. The second kappa shape index (κ2) is 7.11. The van der Waals surface area contributed by atoms with Gasteiger partial charge in [-0.2, -0.15) is 0 Å². The Labute approximate surface area is 165 Å². The van der Waals surface area contributed by atoms with Crippen LogP contribution in [-0.4, -0.2) is 51.8 Å². The van der Waals surface area contributed by atoms with Crippen LogP contribution in [0.1, 0.15) is 6.04 Å². The van der Waals surface area contributed by atoms with Crippen molar-refractivity contribution in [3.8, 4) is 0 Å². The van der Waals surface area contributed by atoms with E-state index in [1.54, 1.807) is 12.4 Å². The summed E-state index contributed by atoms with van der Waals surface area (Å²) in [7, 11) is 0. The highest BCUT2D eigenvalue weighted by Crippen LogP contribution is 2.37. The van der Waals surface area contributed by atoms with Gasteiger partial charge in [0.25, 0.3) is 0 Å². The van der Waals surface area contributed by atoms with Gasteiger partial charge in [-0.25, -0.2) is 14.2 Å². The number of para-hydroxylation sites is 2. The van der Waals surface area contributed by atoms with Gasteiger partial charge in [0.1, 0.15) is 24.1 Å². The third-order valence-corrected chi connectivity index (χ3v) is 5.31. The maximum absolute atomic E-state index is 13.3. The van der Waals surface area contributed by atoms with E-state index in [4.69, 9.17) is 9.47 Å². The van der Waals surface area contributed by atoms with E-state index in [2.05, 4.69) is 15.6 Å². The van der Waals surface area contributed by atoms with Crippen molar-refractivity contribution in [1.82, 2.24) is 14.9 Å². The summed E-state index contributed by atoms with van der Waals surface area (Å²) in [6, 6.07) is 11.3. The molecule has 5 unspecified atom stereocenters. The quantitative estimate of drug-likeness (QED) is 0.627. The number of halogens is 1. The van der Waals surface area contributed by atoms with Crippen LogP contribution < -0.4 is 10.6 Å². The minimum absolute atomic E-state index is 0.246. The van der Waals surface area contributed by atoms with Crippen molar-refractivity contribution >= 4 is 22.8 Å². The topological polar surface area (TPSA) is 97.6 Å². The highest BCUT2D eigenvalue weighted by atomic mass is 19.1. The Morgan fingerprint density at radius 1 is 1.24 bits per heavy atom. The number of aliphatic hydroxyl groups excluding tert-OH is 1. The van der Waals surface area contributed by atoms with Gasteiger partial charge in [-0.1, -0.05) is 18.2 Å². The molecular weight excluding hydrogens is 379 g/mol. The summed E-state index contributed by atoms with van der Waals surface area (Å²) in [5.74, 6) is -0.456. The van der Waals surface area contributed by atoms with Gasteiger partial charge >= 0.3 is 6.03 Å². The molecule has 0 saturated carbocycles. The predicted octanol–water partition coefficient (Wildman–Crippen LogP) is 2.02. The smallest absolute Gasteiger partial charge is 0.319 e. The van der Waals surface area contributed by atoms with Crippen molar-refractivity contribution < 1.29 is 23.8 Å². The van der Waals surface area contributed by atoms with Crippen LogP contribution >= 0.6 is 0 Å². The number of ether oxygens (including phenoxy) is 2. The molecule has 2 aliphatic rings. The van der Waals surface area contributed by atoms with Gasteiger partial charge in [-0.05, 0) is 30.3 Å². The second-order valence-electron chi connectivity index (χ2n) is 7.13. The second-order valence-corrected chi connectivity index (χ2v) is 7.13. The molecule has 8 nitrogen and oxygen atoms in total. The summed E-state index contributed by atoms with van der Waals surface area (Å²) >= 11 is 0. The minimum atomic E-state index is -0.975. The molecule has 3 aromatic rings. The molecular formula is C20H19FN4O4. The van der Waals surface area contributed by atoms with Crippen molar-refractivity contribution in [3.05, 3.63) is 60.7 Å². The zero-order valence-corrected chi connectivity index (χ0v) is 15.2. The highest BCUT2D eigenvalue weighted by molar-refractivity contribution is 5.89. The molecule has 0 aliphatic carbocycles. The van der Waals surface area contributed by atoms with E-state index in [9.17, 15) is 14.3 Å². The van der Waals surface area contributed by atoms with E-state index in [1.165, 1.54) is 18.2 Å². The molecule has 5 rings (SSSR count). The number of aromatic nitrogens is 2. The molecule has 2 aliphatic heterocycles. The number of amides is 2. The Morgan fingerprint density at radius 3 is 2.97 bits per heavy atom. The number of nitrogens with zero attached hydrogens (tertiary/aromatic N) is 2. The molecule has 3 heterocycles. The normalized spacial score (nSPS) is 28.4. The molecule has 2 amide bonds. The van der Waals surface area contributed by atoms with Gasteiger partial charge in [0, 0.05) is 5.69 Å². The number of imidazole rings is 1. The molecule has 9 heteroatoms. The first-order valence-corrected chi connectivity index (χ1v) is 9.30. The third kappa shape index (κ3) is 3.23. The van der Waals surface area contributed by atoms with Gasteiger partial charge in [-0.3, -0.25) is 0 Å². The van der Waals surface area contributed by atoms with Gasteiger partial charge < -0.3 is 29.8 Å². The Bertz CT molecular complexity index is 1060. The number of carbonyl (C=O) groups excluding carboxylic acids is 1. The Hall–Kier alpha value is -3.01. The lowest BCUT2D eigenvalue weighted by Crippen LogP contribution is -2.59. The third-order valence-electron chi connectivity index (χ3n) is 5.31. The lowest BCUT2D eigenvalue weighted by Gasteiger charge is -2.39. The van der Waals surface area contributed by atoms with E-state index in [0.717, 1.165) is 11.0 Å².